The summed E-state index contributed by atoms with van der Waals surface area (Å²) in [4.78, 5) is 2.52. The van der Waals surface area contributed by atoms with Crippen LogP contribution in [0.15, 0.2) is 18.2 Å². The molecule has 2 saturated heterocycles. The van der Waals surface area contributed by atoms with Gasteiger partial charge in [0.25, 0.3) is 0 Å². The smallest absolute Gasteiger partial charge is 0.123 e. The Labute approximate surface area is 119 Å². The molecule has 2 fully saturated rings. The number of nitrogens with zero attached hydrogens (tertiary/aromatic N) is 1. The van der Waals surface area contributed by atoms with E-state index in [1.807, 2.05) is 0 Å². The zero-order chi connectivity index (χ0) is 13.9. The Kier molecular flexibility index (Phi) is 4.10. The number of phenolic OH excluding ortho intramolecular Hbond substituents is 2. The number of fused-ring (bicyclic) bond motifs is 1. The summed E-state index contributed by atoms with van der Waals surface area (Å²) in [5.74, 6) is 0.212. The van der Waals surface area contributed by atoms with Gasteiger partial charge < -0.3 is 20.3 Å². The number of rotatable bonds is 4. The average Bonchev–Trinajstić information content (AvgIpc) is 2.89. The second-order valence-corrected chi connectivity index (χ2v) is 5.69. The summed E-state index contributed by atoms with van der Waals surface area (Å²) in [5, 5.41) is 22.3. The first-order chi connectivity index (χ1) is 9.72. The summed E-state index contributed by atoms with van der Waals surface area (Å²) in [7, 11) is 0. The van der Waals surface area contributed by atoms with E-state index in [1.165, 1.54) is 25.5 Å². The zero-order valence-corrected chi connectivity index (χ0v) is 11.6. The molecule has 20 heavy (non-hydrogen) atoms. The lowest BCUT2D eigenvalue weighted by atomic mass is 10.1. The quantitative estimate of drug-likeness (QED) is 0.768. The molecule has 2 heterocycles. The van der Waals surface area contributed by atoms with E-state index in [0.717, 1.165) is 25.3 Å². The molecule has 3 rings (SSSR count). The van der Waals surface area contributed by atoms with E-state index in [0.29, 0.717) is 12.6 Å². The van der Waals surface area contributed by atoms with E-state index in [-0.39, 0.29) is 17.6 Å². The first kappa shape index (κ1) is 13.7. The molecular weight excluding hydrogens is 256 g/mol. The number of morpholine rings is 1. The van der Waals surface area contributed by atoms with Crippen molar-refractivity contribution in [1.29, 1.82) is 0 Å². The summed E-state index contributed by atoms with van der Waals surface area (Å²) in [6.45, 7) is 4.40. The van der Waals surface area contributed by atoms with Crippen LogP contribution >= 0.6 is 0 Å². The Morgan fingerprint density at radius 3 is 3.10 bits per heavy atom. The van der Waals surface area contributed by atoms with Crippen molar-refractivity contribution in [3.05, 3.63) is 23.8 Å². The van der Waals surface area contributed by atoms with Crippen molar-refractivity contribution < 1.29 is 14.9 Å². The molecular formula is C15H22N2O3. The number of nitrogens with one attached hydrogen (secondary N) is 1. The summed E-state index contributed by atoms with van der Waals surface area (Å²) >= 11 is 0. The molecule has 3 N–H and O–H groups in total. The van der Waals surface area contributed by atoms with Gasteiger partial charge in [-0.1, -0.05) is 6.07 Å². The van der Waals surface area contributed by atoms with Crippen molar-refractivity contribution in [3.63, 3.8) is 0 Å². The largest absolute Gasteiger partial charge is 0.508 e. The Morgan fingerprint density at radius 2 is 2.25 bits per heavy atom. The van der Waals surface area contributed by atoms with Crippen LogP contribution in [-0.2, 0) is 11.3 Å². The molecule has 0 saturated carbocycles. The van der Waals surface area contributed by atoms with Gasteiger partial charge in [-0.05, 0) is 25.5 Å². The highest BCUT2D eigenvalue weighted by atomic mass is 16.5. The lowest BCUT2D eigenvalue weighted by Gasteiger charge is -2.35. The Hall–Kier alpha value is -1.30. The fraction of sp³-hybridized carbons (Fsp3) is 0.600. The van der Waals surface area contributed by atoms with Crippen LogP contribution in [0.25, 0.3) is 0 Å². The van der Waals surface area contributed by atoms with Gasteiger partial charge in [0.15, 0.2) is 0 Å². The highest BCUT2D eigenvalue weighted by Gasteiger charge is 2.31. The number of hydrogen-bond acceptors (Lipinski definition) is 5. The fourth-order valence-electron chi connectivity index (χ4n) is 3.08. The van der Waals surface area contributed by atoms with Gasteiger partial charge in [-0.15, -0.1) is 0 Å². The summed E-state index contributed by atoms with van der Waals surface area (Å²) in [6, 6.07) is 5.31. The first-order valence-corrected chi connectivity index (χ1v) is 7.29. The van der Waals surface area contributed by atoms with Gasteiger partial charge in [0.05, 0.1) is 12.7 Å². The van der Waals surface area contributed by atoms with Crippen LogP contribution in [0.4, 0.5) is 0 Å². The van der Waals surface area contributed by atoms with Crippen molar-refractivity contribution in [3.8, 4) is 11.5 Å². The monoisotopic (exact) mass is 278 g/mol. The van der Waals surface area contributed by atoms with Gasteiger partial charge in [-0.3, -0.25) is 4.90 Å². The third-order valence-corrected chi connectivity index (χ3v) is 4.22. The van der Waals surface area contributed by atoms with E-state index >= 15 is 0 Å². The van der Waals surface area contributed by atoms with Gasteiger partial charge >= 0.3 is 0 Å². The fourth-order valence-corrected chi connectivity index (χ4v) is 3.08. The second-order valence-electron chi connectivity index (χ2n) is 5.69. The predicted molar refractivity (Wildman–Crippen MR) is 75.8 cm³/mol. The van der Waals surface area contributed by atoms with Gasteiger partial charge in [-0.2, -0.15) is 0 Å². The molecule has 5 heteroatoms. The number of aromatic hydroxyl groups is 2. The molecule has 0 aliphatic carbocycles. The molecule has 2 aliphatic heterocycles. The summed E-state index contributed by atoms with van der Waals surface area (Å²) < 4.78 is 5.87. The molecule has 1 aromatic rings. The van der Waals surface area contributed by atoms with Gasteiger partial charge in [0.1, 0.15) is 11.5 Å². The zero-order valence-electron chi connectivity index (χ0n) is 11.6. The normalized spacial score (nSPS) is 26.6. The third kappa shape index (κ3) is 3.06. The van der Waals surface area contributed by atoms with Crippen molar-refractivity contribution in [2.24, 2.45) is 0 Å². The lowest BCUT2D eigenvalue weighted by molar-refractivity contribution is -0.0470. The van der Waals surface area contributed by atoms with E-state index in [2.05, 4.69) is 10.2 Å². The average molecular weight is 278 g/mol. The van der Waals surface area contributed by atoms with Crippen LogP contribution in [0.1, 0.15) is 18.4 Å². The molecule has 1 aromatic carbocycles. The maximum absolute atomic E-state index is 9.71. The van der Waals surface area contributed by atoms with Gasteiger partial charge in [-0.25, -0.2) is 0 Å². The summed E-state index contributed by atoms with van der Waals surface area (Å²) in [6.07, 6.45) is 2.78. The van der Waals surface area contributed by atoms with Crippen molar-refractivity contribution in [2.75, 3.05) is 26.2 Å². The molecule has 2 atom stereocenters. The van der Waals surface area contributed by atoms with Gasteiger partial charge in [0.2, 0.25) is 0 Å². The van der Waals surface area contributed by atoms with Crippen LogP contribution in [0.2, 0.25) is 0 Å². The molecule has 110 valence electrons. The van der Waals surface area contributed by atoms with Crippen molar-refractivity contribution in [2.45, 2.75) is 31.5 Å². The highest BCUT2D eigenvalue weighted by molar-refractivity contribution is 5.38. The number of hydrogen-bond donors (Lipinski definition) is 3. The minimum absolute atomic E-state index is 0.0851. The van der Waals surface area contributed by atoms with Crippen LogP contribution in [0, 0.1) is 0 Å². The molecule has 0 amide bonds. The lowest BCUT2D eigenvalue weighted by Crippen LogP contribution is -2.49. The number of benzene rings is 1. The van der Waals surface area contributed by atoms with Crippen LogP contribution in [0.3, 0.4) is 0 Å². The molecule has 2 aliphatic rings. The SMILES string of the molecule is Oc1ccc(CNCC2CN3CCCC3CO2)c(O)c1. The molecule has 5 nitrogen and oxygen atoms in total. The minimum Gasteiger partial charge on any atom is -0.508 e. The number of phenols is 2. The molecule has 2 unspecified atom stereocenters. The van der Waals surface area contributed by atoms with E-state index in [9.17, 15) is 10.2 Å². The molecule has 0 bridgehead atoms. The second kappa shape index (κ2) is 5.99. The van der Waals surface area contributed by atoms with Crippen molar-refractivity contribution in [1.82, 2.24) is 10.2 Å². The first-order valence-electron chi connectivity index (χ1n) is 7.29. The number of ether oxygens (including phenoxy) is 1. The maximum Gasteiger partial charge on any atom is 0.123 e. The van der Waals surface area contributed by atoms with E-state index < -0.39 is 0 Å². The molecule has 0 aromatic heterocycles. The molecule has 0 spiro atoms. The Morgan fingerprint density at radius 1 is 1.35 bits per heavy atom. The molecule has 0 radical (unpaired) electrons. The van der Waals surface area contributed by atoms with Crippen LogP contribution in [0.5, 0.6) is 11.5 Å². The highest BCUT2D eigenvalue weighted by Crippen LogP contribution is 2.23. The Balaban J connectivity index is 1.45. The predicted octanol–water partition coefficient (Wildman–Crippen LogP) is 1.05. The standard InChI is InChI=1S/C15H22N2O3/c18-13-4-3-11(15(19)6-13)7-16-8-14-9-17-5-1-2-12(17)10-20-14/h3-4,6,12,14,16,18-19H,1-2,5,7-10H2. The minimum atomic E-state index is 0.0851. The maximum atomic E-state index is 9.71. The Bertz CT molecular complexity index is 466. The summed E-state index contributed by atoms with van der Waals surface area (Å²) in [5.41, 5.74) is 0.789. The topological polar surface area (TPSA) is 65.0 Å². The van der Waals surface area contributed by atoms with E-state index in [4.69, 9.17) is 4.74 Å². The van der Waals surface area contributed by atoms with Gasteiger partial charge in [0, 0.05) is 37.3 Å². The van der Waals surface area contributed by atoms with E-state index in [1.54, 1.807) is 12.1 Å². The van der Waals surface area contributed by atoms with Crippen molar-refractivity contribution >= 4 is 0 Å². The van der Waals surface area contributed by atoms with Crippen LogP contribution < -0.4 is 5.32 Å². The van der Waals surface area contributed by atoms with Crippen LogP contribution in [-0.4, -0.2) is 53.5 Å². The third-order valence-electron chi connectivity index (χ3n) is 4.22.